The predicted molar refractivity (Wildman–Crippen MR) is 78.8 cm³/mol. The van der Waals surface area contributed by atoms with E-state index in [9.17, 15) is 14.4 Å². The van der Waals surface area contributed by atoms with Crippen molar-refractivity contribution >= 4 is 33.7 Å². The summed E-state index contributed by atoms with van der Waals surface area (Å²) < 4.78 is 5.02. The summed E-state index contributed by atoms with van der Waals surface area (Å²) in [5, 5.41) is 8.86. The highest BCUT2D eigenvalue weighted by molar-refractivity contribution is 9.09. The van der Waals surface area contributed by atoms with Crippen LogP contribution in [0.2, 0.25) is 0 Å². The highest BCUT2D eigenvalue weighted by atomic mass is 79.9. The maximum Gasteiger partial charge on any atom is 0.319 e. The van der Waals surface area contributed by atoms with Crippen LogP contribution in [0.25, 0.3) is 0 Å². The second-order valence-electron chi connectivity index (χ2n) is 5.19. The van der Waals surface area contributed by atoms with Crippen molar-refractivity contribution in [1.82, 2.24) is 0 Å². The van der Waals surface area contributed by atoms with Crippen LogP contribution in [-0.4, -0.2) is 34.8 Å². The summed E-state index contributed by atoms with van der Waals surface area (Å²) in [4.78, 5) is 35.3. The van der Waals surface area contributed by atoms with Gasteiger partial charge in [0.05, 0.1) is 11.9 Å². The van der Waals surface area contributed by atoms with Gasteiger partial charge in [0.25, 0.3) is 0 Å². The van der Waals surface area contributed by atoms with Crippen LogP contribution in [0.1, 0.15) is 46.5 Å². The molecular weight excluding hydrogens is 328 g/mol. The molecule has 0 radical (unpaired) electrons. The van der Waals surface area contributed by atoms with Crippen molar-refractivity contribution in [1.29, 1.82) is 0 Å². The molecule has 0 bridgehead atoms. The van der Waals surface area contributed by atoms with Crippen molar-refractivity contribution in [2.24, 2.45) is 11.3 Å². The van der Waals surface area contributed by atoms with Gasteiger partial charge < -0.3 is 9.84 Å². The molecule has 1 N–H and O–H groups in total. The number of hydrogen-bond acceptors (Lipinski definition) is 4. The van der Waals surface area contributed by atoms with E-state index in [0.29, 0.717) is 18.8 Å². The Labute approximate surface area is 128 Å². The topological polar surface area (TPSA) is 80.7 Å². The third-order valence-electron chi connectivity index (χ3n) is 3.24. The van der Waals surface area contributed by atoms with Crippen LogP contribution in [0, 0.1) is 11.3 Å². The van der Waals surface area contributed by atoms with Crippen LogP contribution in [0.5, 0.6) is 0 Å². The number of halogens is 1. The van der Waals surface area contributed by atoms with Crippen molar-refractivity contribution in [3.8, 4) is 0 Å². The molecule has 0 saturated carbocycles. The zero-order valence-corrected chi connectivity index (χ0v) is 13.9. The first-order valence-electron chi connectivity index (χ1n) is 6.78. The molecule has 0 aliphatic rings. The fraction of sp³-hybridized carbons (Fsp3) is 0.786. The molecule has 0 spiro atoms. The summed E-state index contributed by atoms with van der Waals surface area (Å²) in [5.74, 6) is -1.62. The van der Waals surface area contributed by atoms with E-state index in [4.69, 9.17) is 9.84 Å². The molecule has 0 aliphatic carbocycles. The average Bonchev–Trinajstić information content (AvgIpc) is 2.38. The van der Waals surface area contributed by atoms with E-state index < -0.39 is 17.4 Å². The monoisotopic (exact) mass is 350 g/mol. The Balaban J connectivity index is 5.31. The number of carboxylic acids is 1. The molecule has 6 heteroatoms. The standard InChI is InChI=1S/C14H23BrO5/c1-4-20-13(19)14(11(16)9-15,7-5-10(2)3)8-6-12(17)18/h10H,4-9H2,1-3H3,(H,17,18)/t14-/m0/s1. The van der Waals surface area contributed by atoms with Crippen LogP contribution >= 0.6 is 15.9 Å². The Kier molecular flexibility index (Phi) is 8.69. The number of esters is 1. The maximum absolute atomic E-state index is 12.2. The number of ether oxygens (including phenoxy) is 1. The third-order valence-corrected chi connectivity index (χ3v) is 3.74. The first-order chi connectivity index (χ1) is 9.30. The number of Topliss-reactive ketones (excluding diaryl/α,β-unsaturated/α-hetero) is 1. The minimum atomic E-state index is -1.35. The van der Waals surface area contributed by atoms with Gasteiger partial charge in [0.2, 0.25) is 0 Å². The van der Waals surface area contributed by atoms with Gasteiger partial charge >= 0.3 is 11.9 Å². The minimum absolute atomic E-state index is 0.0156. The molecule has 20 heavy (non-hydrogen) atoms. The molecule has 0 aliphatic heterocycles. The lowest BCUT2D eigenvalue weighted by Crippen LogP contribution is -2.42. The van der Waals surface area contributed by atoms with Crippen molar-refractivity contribution in [2.75, 3.05) is 11.9 Å². The van der Waals surface area contributed by atoms with Crippen molar-refractivity contribution in [3.05, 3.63) is 0 Å². The van der Waals surface area contributed by atoms with Gasteiger partial charge in [-0.2, -0.15) is 0 Å². The number of alkyl halides is 1. The lowest BCUT2D eigenvalue weighted by atomic mass is 9.74. The summed E-state index contributed by atoms with van der Waals surface area (Å²) in [6, 6.07) is 0. The summed E-state index contributed by atoms with van der Waals surface area (Å²) in [7, 11) is 0. The van der Waals surface area contributed by atoms with Gasteiger partial charge in [0, 0.05) is 6.42 Å². The van der Waals surface area contributed by atoms with Crippen LogP contribution in [-0.2, 0) is 19.1 Å². The van der Waals surface area contributed by atoms with Crippen molar-refractivity contribution in [2.45, 2.75) is 46.5 Å². The lowest BCUT2D eigenvalue weighted by molar-refractivity contribution is -0.161. The molecular formula is C14H23BrO5. The van der Waals surface area contributed by atoms with Crippen LogP contribution in [0.3, 0.4) is 0 Å². The normalized spacial score (nSPS) is 13.8. The quantitative estimate of drug-likeness (QED) is 0.372. The number of carbonyl (C=O) groups is 3. The molecule has 0 saturated heterocycles. The fourth-order valence-corrected chi connectivity index (χ4v) is 2.51. The van der Waals surface area contributed by atoms with Crippen molar-refractivity contribution in [3.63, 3.8) is 0 Å². The molecule has 116 valence electrons. The number of hydrogen-bond donors (Lipinski definition) is 1. The number of carbonyl (C=O) groups excluding carboxylic acids is 2. The Morgan fingerprint density at radius 2 is 1.85 bits per heavy atom. The van der Waals surface area contributed by atoms with Crippen molar-refractivity contribution < 1.29 is 24.2 Å². The number of aliphatic carboxylic acids is 1. The van der Waals surface area contributed by atoms with E-state index in [0.717, 1.165) is 0 Å². The second kappa shape index (κ2) is 9.10. The van der Waals surface area contributed by atoms with E-state index in [1.807, 2.05) is 13.8 Å². The molecule has 0 aromatic heterocycles. The molecule has 0 unspecified atom stereocenters. The van der Waals surface area contributed by atoms with E-state index in [1.54, 1.807) is 6.92 Å². The Morgan fingerprint density at radius 1 is 1.25 bits per heavy atom. The van der Waals surface area contributed by atoms with E-state index in [-0.39, 0.29) is 30.6 Å². The molecule has 0 amide bonds. The third kappa shape index (κ3) is 5.61. The van der Waals surface area contributed by atoms with Gasteiger partial charge in [-0.25, -0.2) is 0 Å². The first-order valence-corrected chi connectivity index (χ1v) is 7.90. The molecule has 0 fully saturated rings. The van der Waals surface area contributed by atoms with Crippen LogP contribution < -0.4 is 0 Å². The SMILES string of the molecule is CCOC(=O)[C@](CCC(=O)O)(CCC(C)C)C(=O)CBr. The summed E-state index contributed by atoms with van der Waals surface area (Å²) in [6.07, 6.45) is 0.742. The lowest BCUT2D eigenvalue weighted by Gasteiger charge is -2.29. The van der Waals surface area contributed by atoms with Gasteiger partial charge in [-0.15, -0.1) is 0 Å². The zero-order valence-electron chi connectivity index (χ0n) is 12.3. The summed E-state index contributed by atoms with van der Waals surface area (Å²) >= 11 is 3.08. The zero-order chi connectivity index (χ0) is 15.8. The molecule has 1 atom stereocenters. The van der Waals surface area contributed by atoms with Gasteiger partial charge in [-0.1, -0.05) is 29.8 Å². The predicted octanol–water partition coefficient (Wildman–Crippen LogP) is 2.80. The smallest absolute Gasteiger partial charge is 0.319 e. The number of carboxylic acid groups (broad SMARTS) is 1. The van der Waals surface area contributed by atoms with Crippen LogP contribution in [0.4, 0.5) is 0 Å². The second-order valence-corrected chi connectivity index (χ2v) is 5.75. The molecule has 0 heterocycles. The van der Waals surface area contributed by atoms with Crippen LogP contribution in [0.15, 0.2) is 0 Å². The highest BCUT2D eigenvalue weighted by Crippen LogP contribution is 2.35. The Morgan fingerprint density at radius 3 is 2.25 bits per heavy atom. The van der Waals surface area contributed by atoms with Gasteiger partial charge in [0.1, 0.15) is 5.41 Å². The highest BCUT2D eigenvalue weighted by Gasteiger charge is 2.45. The average molecular weight is 351 g/mol. The first kappa shape index (κ1) is 19.1. The Hall–Kier alpha value is -0.910. The van der Waals surface area contributed by atoms with E-state index >= 15 is 0 Å². The molecule has 0 rings (SSSR count). The van der Waals surface area contributed by atoms with E-state index in [1.165, 1.54) is 0 Å². The van der Waals surface area contributed by atoms with E-state index in [2.05, 4.69) is 15.9 Å². The van der Waals surface area contributed by atoms with Gasteiger partial charge in [-0.05, 0) is 32.1 Å². The number of rotatable bonds is 10. The molecule has 0 aromatic carbocycles. The molecule has 5 nitrogen and oxygen atoms in total. The Bertz CT molecular complexity index is 353. The number of ketones is 1. The van der Waals surface area contributed by atoms with Gasteiger partial charge in [0.15, 0.2) is 5.78 Å². The minimum Gasteiger partial charge on any atom is -0.481 e. The summed E-state index contributed by atoms with van der Waals surface area (Å²) in [5.41, 5.74) is -1.35. The summed E-state index contributed by atoms with van der Waals surface area (Å²) in [6.45, 7) is 5.82. The maximum atomic E-state index is 12.2. The van der Waals surface area contributed by atoms with Gasteiger partial charge in [-0.3, -0.25) is 14.4 Å². The largest absolute Gasteiger partial charge is 0.481 e. The fourth-order valence-electron chi connectivity index (χ4n) is 1.97. The molecule has 0 aromatic rings.